The van der Waals surface area contributed by atoms with Crippen LogP contribution in [0.25, 0.3) is 0 Å². The number of nitrogens with zero attached hydrogens (tertiary/aromatic N) is 1. The SMILES string of the molecule is C[C@@H](NC(=O)c1cc(Br)cnc1N[C@@H]1COC[C@H]1O)c1cccc(C(F)(F)F)c1F. The van der Waals surface area contributed by atoms with Crippen LogP contribution in [0.4, 0.5) is 23.4 Å². The Morgan fingerprint density at radius 1 is 1.37 bits per heavy atom. The van der Waals surface area contributed by atoms with Gasteiger partial charge in [-0.05, 0) is 35.0 Å². The summed E-state index contributed by atoms with van der Waals surface area (Å²) in [6.45, 7) is 1.73. The highest BCUT2D eigenvalue weighted by Crippen LogP contribution is 2.34. The van der Waals surface area contributed by atoms with Crippen LogP contribution in [0, 0.1) is 5.82 Å². The fourth-order valence-electron chi connectivity index (χ4n) is 3.04. The zero-order valence-corrected chi connectivity index (χ0v) is 17.2. The number of carbonyl (C=O) groups is 1. The van der Waals surface area contributed by atoms with E-state index in [9.17, 15) is 27.5 Å². The number of carbonyl (C=O) groups excluding carboxylic acids is 1. The number of aliphatic hydroxyl groups excluding tert-OH is 1. The van der Waals surface area contributed by atoms with Crippen molar-refractivity contribution < 1.29 is 32.2 Å². The first kappa shape index (κ1) is 22.4. The number of pyridine rings is 1. The van der Waals surface area contributed by atoms with Gasteiger partial charge in [0.2, 0.25) is 0 Å². The molecule has 2 aromatic rings. The van der Waals surface area contributed by atoms with Crippen molar-refractivity contribution in [2.75, 3.05) is 18.5 Å². The zero-order chi connectivity index (χ0) is 22.1. The molecule has 2 heterocycles. The Labute approximate surface area is 177 Å². The van der Waals surface area contributed by atoms with Crippen molar-refractivity contribution in [1.82, 2.24) is 10.3 Å². The molecule has 1 aromatic heterocycles. The number of hydrogen-bond acceptors (Lipinski definition) is 5. The predicted molar refractivity (Wildman–Crippen MR) is 103 cm³/mol. The molecule has 1 aliphatic rings. The number of ether oxygens (including phenoxy) is 1. The van der Waals surface area contributed by atoms with Crippen molar-refractivity contribution in [3.8, 4) is 0 Å². The topological polar surface area (TPSA) is 83.5 Å². The molecule has 0 bridgehead atoms. The summed E-state index contributed by atoms with van der Waals surface area (Å²) in [5.74, 6) is -1.96. The summed E-state index contributed by atoms with van der Waals surface area (Å²) in [4.78, 5) is 16.9. The fraction of sp³-hybridized carbons (Fsp3) is 0.368. The van der Waals surface area contributed by atoms with Gasteiger partial charge in [0.25, 0.3) is 5.91 Å². The molecular formula is C19H18BrF4N3O3. The molecular weight excluding hydrogens is 474 g/mol. The second-order valence-electron chi connectivity index (χ2n) is 6.81. The Morgan fingerprint density at radius 2 is 2.10 bits per heavy atom. The van der Waals surface area contributed by atoms with Crippen molar-refractivity contribution >= 4 is 27.7 Å². The Kier molecular flexibility index (Phi) is 6.63. The molecule has 1 amide bonds. The van der Waals surface area contributed by atoms with Gasteiger partial charge >= 0.3 is 6.18 Å². The second-order valence-corrected chi connectivity index (χ2v) is 7.72. The standard InChI is InChI=1S/C19H18BrF4N3O3/c1-9(11-3-2-4-13(16(11)21)19(22,23)24)26-18(29)12-5-10(20)6-25-17(12)27-14-7-30-8-15(14)28/h2-6,9,14-15,28H,7-8H2,1H3,(H,25,27)(H,26,29)/t9-,14-,15-/m1/s1. The van der Waals surface area contributed by atoms with Crippen LogP contribution < -0.4 is 10.6 Å². The van der Waals surface area contributed by atoms with Gasteiger partial charge in [-0.15, -0.1) is 0 Å². The monoisotopic (exact) mass is 491 g/mol. The average molecular weight is 492 g/mol. The maximum Gasteiger partial charge on any atom is 0.419 e. The van der Waals surface area contributed by atoms with E-state index in [1.165, 1.54) is 25.3 Å². The molecule has 6 nitrogen and oxygen atoms in total. The molecule has 0 unspecified atom stereocenters. The van der Waals surface area contributed by atoms with Gasteiger partial charge in [-0.25, -0.2) is 9.37 Å². The second kappa shape index (κ2) is 8.86. The van der Waals surface area contributed by atoms with Gasteiger partial charge < -0.3 is 20.5 Å². The first-order valence-corrected chi connectivity index (χ1v) is 9.71. The lowest BCUT2D eigenvalue weighted by Crippen LogP contribution is -2.34. The third-order valence-electron chi connectivity index (χ3n) is 4.62. The van der Waals surface area contributed by atoms with Crippen LogP contribution in [0.2, 0.25) is 0 Å². The molecule has 1 fully saturated rings. The summed E-state index contributed by atoms with van der Waals surface area (Å²) in [7, 11) is 0. The Hall–Kier alpha value is -2.24. The summed E-state index contributed by atoms with van der Waals surface area (Å²) in [5, 5.41) is 15.3. The number of halogens is 5. The molecule has 1 aromatic carbocycles. The lowest BCUT2D eigenvalue weighted by atomic mass is 10.0. The normalized spacial score (nSPS) is 20.1. The molecule has 1 saturated heterocycles. The summed E-state index contributed by atoms with van der Waals surface area (Å²) < 4.78 is 58.9. The molecule has 0 saturated carbocycles. The Morgan fingerprint density at radius 3 is 2.73 bits per heavy atom. The number of alkyl halides is 3. The van der Waals surface area contributed by atoms with Gasteiger partial charge in [0.15, 0.2) is 0 Å². The summed E-state index contributed by atoms with van der Waals surface area (Å²) in [6.07, 6.45) is -4.19. The summed E-state index contributed by atoms with van der Waals surface area (Å²) in [6, 6.07) is 2.83. The highest BCUT2D eigenvalue weighted by molar-refractivity contribution is 9.10. The van der Waals surface area contributed by atoms with E-state index in [1.54, 1.807) is 0 Å². The lowest BCUT2D eigenvalue weighted by Gasteiger charge is -2.20. The minimum Gasteiger partial charge on any atom is -0.388 e. The van der Waals surface area contributed by atoms with Crippen LogP contribution in [0.3, 0.4) is 0 Å². The number of rotatable bonds is 5. The molecule has 3 rings (SSSR count). The molecule has 3 atom stereocenters. The van der Waals surface area contributed by atoms with Gasteiger partial charge in [0.1, 0.15) is 11.6 Å². The van der Waals surface area contributed by atoms with E-state index in [1.807, 2.05) is 0 Å². The van der Waals surface area contributed by atoms with E-state index < -0.39 is 41.7 Å². The van der Waals surface area contributed by atoms with E-state index in [-0.39, 0.29) is 30.2 Å². The predicted octanol–water partition coefficient (Wildman–Crippen LogP) is 3.66. The minimum atomic E-state index is -4.85. The number of nitrogens with one attached hydrogen (secondary N) is 2. The lowest BCUT2D eigenvalue weighted by molar-refractivity contribution is -0.140. The molecule has 3 N–H and O–H groups in total. The van der Waals surface area contributed by atoms with Crippen LogP contribution in [0.5, 0.6) is 0 Å². The van der Waals surface area contributed by atoms with Crippen molar-refractivity contribution in [3.05, 3.63) is 57.4 Å². The average Bonchev–Trinajstić information content (AvgIpc) is 3.06. The van der Waals surface area contributed by atoms with Crippen LogP contribution in [0.15, 0.2) is 34.9 Å². The fourth-order valence-corrected chi connectivity index (χ4v) is 3.37. The molecule has 0 radical (unpaired) electrons. The number of amides is 1. The van der Waals surface area contributed by atoms with Gasteiger partial charge in [-0.3, -0.25) is 4.79 Å². The summed E-state index contributed by atoms with van der Waals surface area (Å²) >= 11 is 3.21. The van der Waals surface area contributed by atoms with Crippen LogP contribution in [0.1, 0.15) is 34.5 Å². The number of hydrogen-bond donors (Lipinski definition) is 3. The zero-order valence-electron chi connectivity index (χ0n) is 15.6. The van der Waals surface area contributed by atoms with Crippen LogP contribution in [-0.4, -0.2) is 41.4 Å². The van der Waals surface area contributed by atoms with Crippen molar-refractivity contribution in [1.29, 1.82) is 0 Å². The van der Waals surface area contributed by atoms with Crippen LogP contribution in [-0.2, 0) is 10.9 Å². The van der Waals surface area contributed by atoms with Gasteiger partial charge in [0.05, 0.1) is 42.5 Å². The van der Waals surface area contributed by atoms with E-state index in [0.29, 0.717) is 10.5 Å². The minimum absolute atomic E-state index is 0.0720. The molecule has 0 spiro atoms. The molecule has 162 valence electrons. The van der Waals surface area contributed by atoms with E-state index in [4.69, 9.17) is 4.74 Å². The summed E-state index contributed by atoms with van der Waals surface area (Å²) in [5.41, 5.74) is -1.62. The van der Waals surface area contributed by atoms with Crippen LogP contribution >= 0.6 is 15.9 Å². The van der Waals surface area contributed by atoms with Crippen molar-refractivity contribution in [2.24, 2.45) is 0 Å². The molecule has 30 heavy (non-hydrogen) atoms. The van der Waals surface area contributed by atoms with Gasteiger partial charge in [-0.2, -0.15) is 13.2 Å². The number of aliphatic hydroxyl groups is 1. The quantitative estimate of drug-likeness (QED) is 0.556. The first-order chi connectivity index (χ1) is 14.1. The molecule has 11 heteroatoms. The smallest absolute Gasteiger partial charge is 0.388 e. The van der Waals surface area contributed by atoms with E-state index in [0.717, 1.165) is 6.07 Å². The largest absolute Gasteiger partial charge is 0.419 e. The van der Waals surface area contributed by atoms with Gasteiger partial charge in [-0.1, -0.05) is 12.1 Å². The Balaban J connectivity index is 1.83. The number of aromatic nitrogens is 1. The maximum absolute atomic E-state index is 14.4. The third-order valence-corrected chi connectivity index (χ3v) is 5.05. The van der Waals surface area contributed by atoms with E-state index in [2.05, 4.69) is 31.5 Å². The number of benzene rings is 1. The Bertz CT molecular complexity index is 942. The van der Waals surface area contributed by atoms with E-state index >= 15 is 0 Å². The first-order valence-electron chi connectivity index (χ1n) is 8.92. The molecule has 0 aliphatic carbocycles. The highest BCUT2D eigenvalue weighted by atomic mass is 79.9. The van der Waals surface area contributed by atoms with Crippen molar-refractivity contribution in [3.63, 3.8) is 0 Å². The highest BCUT2D eigenvalue weighted by Gasteiger charge is 2.35. The van der Waals surface area contributed by atoms with Gasteiger partial charge in [0, 0.05) is 16.2 Å². The van der Waals surface area contributed by atoms with Crippen molar-refractivity contribution in [2.45, 2.75) is 31.3 Å². The number of anilines is 1. The maximum atomic E-state index is 14.4. The third kappa shape index (κ3) is 4.90. The molecule has 1 aliphatic heterocycles.